The normalized spacial score (nSPS) is 21.9. The van der Waals surface area contributed by atoms with Crippen molar-refractivity contribution in [3.8, 4) is 0 Å². The lowest BCUT2D eigenvalue weighted by molar-refractivity contribution is 0.194. The molecule has 0 radical (unpaired) electrons. The third kappa shape index (κ3) is 1.24. The van der Waals surface area contributed by atoms with Gasteiger partial charge in [-0.25, -0.2) is 4.79 Å². The maximum Gasteiger partial charge on any atom is 0.412 e. The van der Waals surface area contributed by atoms with E-state index < -0.39 is 11.6 Å². The molecular weight excluding hydrogens is 208 g/mol. The van der Waals surface area contributed by atoms with Gasteiger partial charge in [0.25, 0.3) is 0 Å². The second-order valence-electron chi connectivity index (χ2n) is 4.61. The molecule has 0 saturated heterocycles. The lowest BCUT2D eigenvalue weighted by Gasteiger charge is -2.32. The van der Waals surface area contributed by atoms with Gasteiger partial charge in [0.1, 0.15) is 0 Å². The second-order valence-corrected chi connectivity index (χ2v) is 4.61. The Kier molecular flexibility index (Phi) is 2.08. The smallest absolute Gasteiger partial charge is 0.412 e. The summed E-state index contributed by atoms with van der Waals surface area (Å²) < 4.78 is 0. The molecule has 1 unspecified atom stereocenters. The van der Waals surface area contributed by atoms with Crippen molar-refractivity contribution in [1.29, 1.82) is 0 Å². The van der Waals surface area contributed by atoms with Gasteiger partial charge in [0.15, 0.2) is 0 Å². The van der Waals surface area contributed by atoms with E-state index in [0.29, 0.717) is 11.4 Å². The predicted molar refractivity (Wildman–Crippen MR) is 60.1 cm³/mol. The number of nitrogens with one attached hydrogen (secondary N) is 1. The molecule has 86 valence electrons. The molecule has 2 rings (SSSR count). The minimum Gasteiger partial charge on any atom is -0.465 e. The SMILES string of the molecule is CC1c2[nH]c(=O)ccc2N(C(=O)O)C1(C)C. The van der Waals surface area contributed by atoms with Gasteiger partial charge in [-0.2, -0.15) is 0 Å². The van der Waals surface area contributed by atoms with E-state index in [1.54, 1.807) is 6.07 Å². The molecule has 0 saturated carbocycles. The molecule has 0 spiro atoms. The summed E-state index contributed by atoms with van der Waals surface area (Å²) >= 11 is 0. The van der Waals surface area contributed by atoms with Gasteiger partial charge in [0.05, 0.1) is 11.2 Å². The van der Waals surface area contributed by atoms with Crippen LogP contribution in [0.3, 0.4) is 0 Å². The van der Waals surface area contributed by atoms with E-state index >= 15 is 0 Å². The Balaban J connectivity index is 2.68. The molecule has 1 atom stereocenters. The first-order valence-electron chi connectivity index (χ1n) is 5.12. The molecule has 0 aliphatic carbocycles. The van der Waals surface area contributed by atoms with Gasteiger partial charge in [-0.3, -0.25) is 9.69 Å². The van der Waals surface area contributed by atoms with E-state index in [-0.39, 0.29) is 11.5 Å². The molecule has 1 aliphatic rings. The quantitative estimate of drug-likeness (QED) is 0.702. The Bertz CT molecular complexity index is 504. The first-order valence-corrected chi connectivity index (χ1v) is 5.12. The number of anilines is 1. The van der Waals surface area contributed by atoms with Crippen molar-refractivity contribution in [3.05, 3.63) is 28.2 Å². The number of carbonyl (C=O) groups is 1. The molecular formula is C11H14N2O3. The third-order valence-electron chi connectivity index (χ3n) is 3.43. The van der Waals surface area contributed by atoms with E-state index in [4.69, 9.17) is 0 Å². The van der Waals surface area contributed by atoms with Crippen LogP contribution in [0.4, 0.5) is 10.5 Å². The lowest BCUT2D eigenvalue weighted by atomic mass is 9.89. The van der Waals surface area contributed by atoms with E-state index in [2.05, 4.69) is 4.98 Å². The highest BCUT2D eigenvalue weighted by Crippen LogP contribution is 2.45. The summed E-state index contributed by atoms with van der Waals surface area (Å²) in [6.07, 6.45) is -0.998. The molecule has 0 aromatic carbocycles. The van der Waals surface area contributed by atoms with E-state index in [1.807, 2.05) is 20.8 Å². The summed E-state index contributed by atoms with van der Waals surface area (Å²) in [5.41, 5.74) is 0.525. The Labute approximate surface area is 92.7 Å². The average Bonchev–Trinajstić information content (AvgIpc) is 2.36. The topological polar surface area (TPSA) is 73.4 Å². The maximum atomic E-state index is 11.2. The van der Waals surface area contributed by atoms with Crippen LogP contribution in [-0.2, 0) is 0 Å². The number of rotatable bonds is 0. The van der Waals surface area contributed by atoms with Gasteiger partial charge in [-0.1, -0.05) is 6.92 Å². The number of amides is 1. The fourth-order valence-electron chi connectivity index (χ4n) is 2.21. The molecule has 0 fully saturated rings. The second kappa shape index (κ2) is 3.10. The molecule has 1 aliphatic heterocycles. The number of hydrogen-bond donors (Lipinski definition) is 2. The van der Waals surface area contributed by atoms with Crippen molar-refractivity contribution in [3.63, 3.8) is 0 Å². The number of carboxylic acid groups (broad SMARTS) is 1. The van der Waals surface area contributed by atoms with Crippen molar-refractivity contribution in [1.82, 2.24) is 4.98 Å². The number of H-pyrrole nitrogens is 1. The van der Waals surface area contributed by atoms with Crippen molar-refractivity contribution >= 4 is 11.8 Å². The Morgan fingerprint density at radius 3 is 2.69 bits per heavy atom. The van der Waals surface area contributed by atoms with Crippen LogP contribution in [0, 0.1) is 0 Å². The summed E-state index contributed by atoms with van der Waals surface area (Å²) in [7, 11) is 0. The van der Waals surface area contributed by atoms with Crippen LogP contribution in [0.25, 0.3) is 0 Å². The van der Waals surface area contributed by atoms with Gasteiger partial charge < -0.3 is 10.1 Å². The van der Waals surface area contributed by atoms with Crippen LogP contribution in [0.15, 0.2) is 16.9 Å². The van der Waals surface area contributed by atoms with Crippen LogP contribution < -0.4 is 10.5 Å². The van der Waals surface area contributed by atoms with Crippen LogP contribution in [0.2, 0.25) is 0 Å². The zero-order chi connectivity index (χ0) is 12.1. The van der Waals surface area contributed by atoms with E-state index in [1.165, 1.54) is 11.0 Å². The fraction of sp³-hybridized carbons (Fsp3) is 0.455. The molecule has 2 heterocycles. The Hall–Kier alpha value is -1.78. The van der Waals surface area contributed by atoms with Crippen LogP contribution in [-0.4, -0.2) is 21.7 Å². The van der Waals surface area contributed by atoms with Gasteiger partial charge >= 0.3 is 6.09 Å². The number of aromatic nitrogens is 1. The molecule has 1 amide bonds. The van der Waals surface area contributed by atoms with Crippen LogP contribution in [0.5, 0.6) is 0 Å². The predicted octanol–water partition coefficient (Wildman–Crippen LogP) is 1.76. The van der Waals surface area contributed by atoms with Gasteiger partial charge in [0.2, 0.25) is 5.56 Å². The molecule has 1 aromatic heterocycles. The standard InChI is InChI=1S/C11H14N2O3/c1-6-9-7(4-5-8(14)12-9)13(10(15)16)11(6,2)3/h4-6H,1-3H3,(H,12,14)(H,15,16). The van der Waals surface area contributed by atoms with Crippen LogP contribution in [0.1, 0.15) is 32.4 Å². The number of aromatic amines is 1. The minimum atomic E-state index is -0.998. The fourth-order valence-corrected chi connectivity index (χ4v) is 2.21. The lowest BCUT2D eigenvalue weighted by Crippen LogP contribution is -2.46. The third-order valence-corrected chi connectivity index (χ3v) is 3.43. The summed E-state index contributed by atoms with van der Waals surface area (Å²) in [6.45, 7) is 5.62. The van der Waals surface area contributed by atoms with Crippen molar-refractivity contribution in [2.24, 2.45) is 0 Å². The van der Waals surface area contributed by atoms with Crippen LogP contribution >= 0.6 is 0 Å². The van der Waals surface area contributed by atoms with E-state index in [0.717, 1.165) is 0 Å². The number of nitrogens with zero attached hydrogens (tertiary/aromatic N) is 1. The monoisotopic (exact) mass is 222 g/mol. The van der Waals surface area contributed by atoms with Gasteiger partial charge in [0, 0.05) is 17.7 Å². The zero-order valence-electron chi connectivity index (χ0n) is 9.44. The zero-order valence-corrected chi connectivity index (χ0v) is 9.44. The molecule has 2 N–H and O–H groups in total. The average molecular weight is 222 g/mol. The molecule has 5 heteroatoms. The molecule has 16 heavy (non-hydrogen) atoms. The first-order chi connectivity index (χ1) is 7.35. The Morgan fingerprint density at radius 2 is 2.12 bits per heavy atom. The molecule has 5 nitrogen and oxygen atoms in total. The van der Waals surface area contributed by atoms with Crippen molar-refractivity contribution in [2.75, 3.05) is 4.90 Å². The molecule has 0 bridgehead atoms. The summed E-state index contributed by atoms with van der Waals surface area (Å²) in [4.78, 5) is 26.5. The van der Waals surface area contributed by atoms with Gasteiger partial charge in [-0.15, -0.1) is 0 Å². The molecule has 1 aromatic rings. The first kappa shape index (κ1) is 10.7. The highest BCUT2D eigenvalue weighted by atomic mass is 16.4. The highest BCUT2D eigenvalue weighted by Gasteiger charge is 2.46. The van der Waals surface area contributed by atoms with Crippen molar-refractivity contribution < 1.29 is 9.90 Å². The van der Waals surface area contributed by atoms with E-state index in [9.17, 15) is 14.7 Å². The largest absolute Gasteiger partial charge is 0.465 e. The number of fused-ring (bicyclic) bond motifs is 1. The number of pyridine rings is 1. The summed E-state index contributed by atoms with van der Waals surface area (Å²) in [6, 6.07) is 2.91. The summed E-state index contributed by atoms with van der Waals surface area (Å²) in [5, 5.41) is 9.22. The number of hydrogen-bond acceptors (Lipinski definition) is 2. The van der Waals surface area contributed by atoms with Gasteiger partial charge in [-0.05, 0) is 19.9 Å². The highest BCUT2D eigenvalue weighted by molar-refractivity contribution is 5.91. The minimum absolute atomic E-state index is 0.0347. The Morgan fingerprint density at radius 1 is 1.50 bits per heavy atom. The summed E-state index contributed by atoms with van der Waals surface area (Å²) in [5.74, 6) is -0.0347. The van der Waals surface area contributed by atoms with Crippen molar-refractivity contribution in [2.45, 2.75) is 32.2 Å². The maximum absolute atomic E-state index is 11.2.